The highest BCUT2D eigenvalue weighted by Gasteiger charge is 2.08. The molecule has 2 aromatic rings. The maximum Gasteiger partial charge on any atom is 0.338 e. The van der Waals surface area contributed by atoms with Crippen molar-refractivity contribution < 1.29 is 19.4 Å². The van der Waals surface area contributed by atoms with Crippen LogP contribution in [0, 0.1) is 0 Å². The summed E-state index contributed by atoms with van der Waals surface area (Å²) in [5.74, 6) is -0.263. The Morgan fingerprint density at radius 3 is 1.26 bits per heavy atom. The largest absolute Gasteiger partial charge is 0.461 e. The number of ether oxygens (including phenoxy) is 1. The standard InChI is InChI=1S/C16H27N3O2.C9H10ClNO.C7H18N2O.C6H15N/c1-17(2)10-11-19(5)12-13-21-16(20)14-6-8-15(9-7-14)18(3)4;1-11(2)8-5-3-7(4-6-8)9(10)12;1-8(2)4-5-9(3)6-7-10;1-4-7(5-2)6-3/h6-9H,10-13H2,1-5H3;3-6H,1-2H3;10H,4-7H2,1-3H3;4-6H2,1-3H3. The zero-order valence-corrected chi connectivity index (χ0v) is 34.3. The summed E-state index contributed by atoms with van der Waals surface area (Å²) in [6.07, 6.45) is 0. The van der Waals surface area contributed by atoms with Crippen LogP contribution in [-0.4, -0.2) is 183 Å². The number of nitrogens with zero attached hydrogens (tertiary/aromatic N) is 7. The maximum absolute atomic E-state index is 11.9. The van der Waals surface area contributed by atoms with Crippen LogP contribution in [0.15, 0.2) is 48.5 Å². The summed E-state index contributed by atoms with van der Waals surface area (Å²) in [7, 11) is 20.1. The number of halogens is 1. The Balaban J connectivity index is 0. The third-order valence-corrected chi connectivity index (χ3v) is 7.84. The molecule has 1 N–H and O–H groups in total. The Labute approximate surface area is 310 Å². The van der Waals surface area contributed by atoms with E-state index in [1.54, 1.807) is 24.3 Å². The third kappa shape index (κ3) is 26.1. The first kappa shape index (κ1) is 49.3. The number of esters is 1. The van der Waals surface area contributed by atoms with Gasteiger partial charge in [0.2, 0.25) is 0 Å². The molecular formula is C38H70ClN7O4. The van der Waals surface area contributed by atoms with Gasteiger partial charge in [0.25, 0.3) is 5.24 Å². The van der Waals surface area contributed by atoms with Gasteiger partial charge in [0.1, 0.15) is 6.61 Å². The average Bonchev–Trinajstić information content (AvgIpc) is 3.08. The second-order valence-corrected chi connectivity index (χ2v) is 13.2. The molecule has 0 radical (unpaired) electrons. The fourth-order valence-corrected chi connectivity index (χ4v) is 4.10. The van der Waals surface area contributed by atoms with E-state index >= 15 is 0 Å². The van der Waals surface area contributed by atoms with E-state index in [0.717, 1.165) is 50.6 Å². The summed E-state index contributed by atoms with van der Waals surface area (Å²) in [6, 6.07) is 14.6. The van der Waals surface area contributed by atoms with Crippen LogP contribution >= 0.6 is 11.6 Å². The van der Waals surface area contributed by atoms with E-state index in [9.17, 15) is 9.59 Å². The van der Waals surface area contributed by atoms with Gasteiger partial charge in [-0.05, 0) is 122 Å². The van der Waals surface area contributed by atoms with Gasteiger partial charge >= 0.3 is 5.97 Å². The van der Waals surface area contributed by atoms with Gasteiger partial charge in [-0.25, -0.2) is 4.79 Å². The normalized spacial score (nSPS) is 10.6. The lowest BCUT2D eigenvalue weighted by Gasteiger charge is -2.19. The Bertz CT molecular complexity index is 1110. The van der Waals surface area contributed by atoms with E-state index in [-0.39, 0.29) is 12.6 Å². The minimum Gasteiger partial charge on any atom is -0.461 e. The molecule has 0 fully saturated rings. The highest BCUT2D eigenvalue weighted by atomic mass is 35.5. The molecule has 12 heteroatoms. The molecule has 0 heterocycles. The van der Waals surface area contributed by atoms with Gasteiger partial charge in [0, 0.05) is 84.4 Å². The quantitative estimate of drug-likeness (QED) is 0.176. The van der Waals surface area contributed by atoms with Gasteiger partial charge < -0.3 is 44.1 Å². The average molecular weight is 724 g/mol. The molecule has 0 bridgehead atoms. The lowest BCUT2D eigenvalue weighted by molar-refractivity contribution is 0.0471. The van der Waals surface area contributed by atoms with Crippen LogP contribution in [0.3, 0.4) is 0 Å². The van der Waals surface area contributed by atoms with E-state index in [4.69, 9.17) is 21.4 Å². The number of likely N-dealkylation sites (N-methyl/N-ethyl adjacent to an activating group) is 4. The summed E-state index contributed by atoms with van der Waals surface area (Å²) in [5.41, 5.74) is 3.24. The molecule has 0 saturated heterocycles. The second-order valence-electron chi connectivity index (χ2n) is 12.8. The van der Waals surface area contributed by atoms with Crippen molar-refractivity contribution in [3.63, 3.8) is 0 Å². The van der Waals surface area contributed by atoms with Crippen LogP contribution in [0.4, 0.5) is 11.4 Å². The van der Waals surface area contributed by atoms with Crippen molar-refractivity contribution in [3.05, 3.63) is 59.7 Å². The number of carbonyl (C=O) groups is 2. The van der Waals surface area contributed by atoms with Crippen molar-refractivity contribution in [2.24, 2.45) is 0 Å². The number of rotatable bonds is 18. The van der Waals surface area contributed by atoms with Crippen molar-refractivity contribution in [2.75, 3.05) is 152 Å². The Morgan fingerprint density at radius 1 is 0.580 bits per heavy atom. The number of aliphatic hydroxyl groups excluding tert-OH is 1. The molecule has 2 rings (SSSR count). The van der Waals surface area contributed by atoms with E-state index < -0.39 is 5.24 Å². The highest BCUT2D eigenvalue weighted by molar-refractivity contribution is 6.67. The molecule has 0 saturated carbocycles. The first-order valence-electron chi connectivity index (χ1n) is 17.4. The summed E-state index contributed by atoms with van der Waals surface area (Å²) >= 11 is 5.28. The summed E-state index contributed by atoms with van der Waals surface area (Å²) in [5, 5.41) is 8.13. The van der Waals surface area contributed by atoms with Crippen molar-refractivity contribution in [1.82, 2.24) is 24.5 Å². The van der Waals surface area contributed by atoms with Crippen molar-refractivity contribution >= 4 is 34.2 Å². The predicted octanol–water partition coefficient (Wildman–Crippen LogP) is 4.35. The maximum atomic E-state index is 11.9. The van der Waals surface area contributed by atoms with Crippen LogP contribution in [-0.2, 0) is 4.74 Å². The van der Waals surface area contributed by atoms with Gasteiger partial charge in [0.15, 0.2) is 0 Å². The minimum atomic E-state index is -0.416. The zero-order valence-electron chi connectivity index (χ0n) is 33.6. The molecule has 0 unspecified atom stereocenters. The van der Waals surface area contributed by atoms with E-state index in [0.29, 0.717) is 17.7 Å². The highest BCUT2D eigenvalue weighted by Crippen LogP contribution is 2.14. The number of anilines is 2. The number of aliphatic hydroxyl groups is 1. The van der Waals surface area contributed by atoms with Gasteiger partial charge in [-0.1, -0.05) is 20.8 Å². The smallest absolute Gasteiger partial charge is 0.338 e. The summed E-state index contributed by atoms with van der Waals surface area (Å²) in [4.78, 5) is 37.5. The zero-order chi connectivity index (χ0) is 38.6. The van der Waals surface area contributed by atoms with Crippen LogP contribution in [0.1, 0.15) is 41.5 Å². The predicted molar refractivity (Wildman–Crippen MR) is 215 cm³/mol. The van der Waals surface area contributed by atoms with Gasteiger partial charge in [-0.2, -0.15) is 0 Å². The topological polar surface area (TPSA) is 86.3 Å². The molecular weight excluding hydrogens is 654 g/mol. The number of hydrogen-bond acceptors (Lipinski definition) is 11. The summed E-state index contributed by atoms with van der Waals surface area (Å²) < 4.78 is 5.30. The fourth-order valence-electron chi connectivity index (χ4n) is 3.97. The lowest BCUT2D eigenvalue weighted by atomic mass is 10.2. The summed E-state index contributed by atoms with van der Waals surface area (Å²) in [6.45, 7) is 16.3. The Hall–Kier alpha value is -2.77. The van der Waals surface area contributed by atoms with Crippen molar-refractivity contribution in [3.8, 4) is 0 Å². The first-order valence-corrected chi connectivity index (χ1v) is 17.8. The Kier molecular flexibility index (Phi) is 29.5. The van der Waals surface area contributed by atoms with E-state index in [1.165, 1.54) is 19.6 Å². The SMILES string of the molecule is CCN(CC)CC.CN(C)CCN(C)CCO.CN(C)CCN(C)CCOC(=O)c1ccc(N(C)C)cc1.CN(C)c1ccc(C(=O)Cl)cc1. The molecule has 11 nitrogen and oxygen atoms in total. The lowest BCUT2D eigenvalue weighted by Crippen LogP contribution is -2.31. The molecule has 0 amide bonds. The van der Waals surface area contributed by atoms with Crippen LogP contribution in [0.25, 0.3) is 0 Å². The van der Waals surface area contributed by atoms with Crippen molar-refractivity contribution in [1.29, 1.82) is 0 Å². The molecule has 0 spiro atoms. The van der Waals surface area contributed by atoms with E-state index in [2.05, 4.69) is 45.3 Å². The minimum absolute atomic E-state index is 0.254. The van der Waals surface area contributed by atoms with Crippen molar-refractivity contribution in [2.45, 2.75) is 20.8 Å². The van der Waals surface area contributed by atoms with Gasteiger partial charge in [0.05, 0.1) is 12.2 Å². The van der Waals surface area contributed by atoms with Crippen LogP contribution in [0.2, 0.25) is 0 Å². The molecule has 288 valence electrons. The molecule has 2 aromatic carbocycles. The molecule has 50 heavy (non-hydrogen) atoms. The third-order valence-electron chi connectivity index (χ3n) is 7.62. The van der Waals surface area contributed by atoms with E-state index in [1.807, 2.05) is 105 Å². The monoisotopic (exact) mass is 724 g/mol. The number of benzene rings is 2. The van der Waals surface area contributed by atoms with Gasteiger partial charge in [-0.15, -0.1) is 0 Å². The molecule has 0 aliphatic carbocycles. The van der Waals surface area contributed by atoms with Gasteiger partial charge in [-0.3, -0.25) is 4.79 Å². The molecule has 0 aliphatic rings. The first-order chi connectivity index (χ1) is 23.5. The number of hydrogen-bond donors (Lipinski definition) is 1. The molecule has 0 aromatic heterocycles. The Morgan fingerprint density at radius 2 is 0.960 bits per heavy atom. The van der Waals surface area contributed by atoms with Crippen LogP contribution in [0.5, 0.6) is 0 Å². The molecule has 0 atom stereocenters. The fraction of sp³-hybridized carbons (Fsp3) is 0.632. The second kappa shape index (κ2) is 29.9. The molecule has 0 aliphatic heterocycles. The van der Waals surface area contributed by atoms with Crippen LogP contribution < -0.4 is 9.80 Å². The number of carbonyl (C=O) groups excluding carboxylic acids is 2.